The topological polar surface area (TPSA) is 20.2 Å². The van der Waals surface area contributed by atoms with Crippen LogP contribution in [0.15, 0.2) is 23.3 Å². The van der Waals surface area contributed by atoms with E-state index in [-0.39, 0.29) is 6.61 Å². The first-order chi connectivity index (χ1) is 5.16. The van der Waals surface area contributed by atoms with Crippen LogP contribution in [0, 0.1) is 0 Å². The van der Waals surface area contributed by atoms with Gasteiger partial charge in [-0.15, -0.1) is 0 Å². The monoisotopic (exact) mass is 156 g/mol. The van der Waals surface area contributed by atoms with Gasteiger partial charge in [0, 0.05) is 0 Å². The Bertz CT molecular complexity index is 128. The third-order valence-corrected chi connectivity index (χ3v) is 0.951. The zero-order valence-electron chi connectivity index (χ0n) is 8.31. The van der Waals surface area contributed by atoms with Crippen LogP contribution in [0.25, 0.3) is 0 Å². The second-order valence-corrected chi connectivity index (χ2v) is 2.42. The third kappa shape index (κ3) is 12.6. The molecule has 66 valence electrons. The number of rotatable bonds is 2. The Kier molecular flexibility index (Phi) is 11.2. The maximum absolute atomic E-state index is 8.55. The normalized spacial score (nSPS) is 9.82. The Labute approximate surface area is 70.4 Å². The molecule has 0 unspecified atom stereocenters. The molecule has 0 fully saturated rings. The molecular weight excluding hydrogens is 136 g/mol. The van der Waals surface area contributed by atoms with Gasteiger partial charge in [0.15, 0.2) is 0 Å². The molecule has 0 saturated carbocycles. The fourth-order valence-corrected chi connectivity index (χ4v) is 0.362. The van der Waals surface area contributed by atoms with Crippen LogP contribution >= 0.6 is 0 Å². The van der Waals surface area contributed by atoms with Gasteiger partial charge in [0.1, 0.15) is 0 Å². The Morgan fingerprint density at radius 1 is 1.09 bits per heavy atom. The first-order valence-electron chi connectivity index (χ1n) is 4.08. The minimum Gasteiger partial charge on any atom is -0.392 e. The van der Waals surface area contributed by atoms with Gasteiger partial charge >= 0.3 is 0 Å². The molecule has 0 bridgehead atoms. The molecule has 0 aromatic rings. The highest BCUT2D eigenvalue weighted by molar-refractivity contribution is 5.13. The Balaban J connectivity index is 0. The van der Waals surface area contributed by atoms with E-state index in [1.54, 1.807) is 0 Å². The van der Waals surface area contributed by atoms with E-state index >= 15 is 0 Å². The molecule has 0 aromatic carbocycles. The second-order valence-electron chi connectivity index (χ2n) is 2.42. The van der Waals surface area contributed by atoms with E-state index in [9.17, 15) is 0 Å². The van der Waals surface area contributed by atoms with Crippen LogP contribution in [-0.4, -0.2) is 11.7 Å². The quantitative estimate of drug-likeness (QED) is 0.609. The van der Waals surface area contributed by atoms with Crippen LogP contribution < -0.4 is 0 Å². The summed E-state index contributed by atoms with van der Waals surface area (Å²) in [6, 6.07) is 0. The van der Waals surface area contributed by atoms with Gasteiger partial charge < -0.3 is 5.11 Å². The number of aliphatic hydroxyl groups is 1. The van der Waals surface area contributed by atoms with Gasteiger partial charge in [-0.2, -0.15) is 0 Å². The van der Waals surface area contributed by atoms with Crippen LogP contribution in [0.5, 0.6) is 0 Å². The lowest BCUT2D eigenvalue weighted by atomic mass is 10.2. The van der Waals surface area contributed by atoms with Crippen molar-refractivity contribution >= 4 is 0 Å². The number of aliphatic hydroxyl groups excluding tert-OH is 1. The molecule has 1 N–H and O–H groups in total. The van der Waals surface area contributed by atoms with Crippen LogP contribution in [0.4, 0.5) is 0 Å². The highest BCUT2D eigenvalue weighted by Crippen LogP contribution is 1.94. The Morgan fingerprint density at radius 3 is 1.82 bits per heavy atom. The van der Waals surface area contributed by atoms with Crippen molar-refractivity contribution in [2.45, 2.75) is 34.6 Å². The molecule has 0 aliphatic rings. The lowest BCUT2D eigenvalue weighted by Gasteiger charge is -1.89. The number of hydrogen-bond donors (Lipinski definition) is 1. The summed E-state index contributed by atoms with van der Waals surface area (Å²) < 4.78 is 0. The van der Waals surface area contributed by atoms with Gasteiger partial charge in [-0.1, -0.05) is 31.6 Å². The van der Waals surface area contributed by atoms with Crippen molar-refractivity contribution in [2.24, 2.45) is 0 Å². The minimum atomic E-state index is 0.157. The predicted octanol–water partition coefficient (Wildman–Crippen LogP) is 2.92. The molecule has 0 radical (unpaired) electrons. The summed E-state index contributed by atoms with van der Waals surface area (Å²) in [5.74, 6) is 0. The molecule has 0 aliphatic carbocycles. The first kappa shape index (κ1) is 13.1. The zero-order chi connectivity index (χ0) is 9.28. The molecule has 11 heavy (non-hydrogen) atoms. The smallest absolute Gasteiger partial charge is 0.0642 e. The molecule has 1 heteroatoms. The standard InChI is InChI=1S/C8H14O.C2H6/c1-7(2)4-5-8(3)6-9;1-2/h4-5,9H,6H2,1-3H3;1-2H3/b8-5+;. The molecule has 0 saturated heterocycles. The molecule has 0 atom stereocenters. The van der Waals surface area contributed by atoms with E-state index in [1.807, 2.05) is 46.8 Å². The lowest BCUT2D eigenvalue weighted by Crippen LogP contribution is -1.81. The van der Waals surface area contributed by atoms with Crippen LogP contribution in [0.2, 0.25) is 0 Å². The summed E-state index contributed by atoms with van der Waals surface area (Å²) in [6.07, 6.45) is 3.92. The van der Waals surface area contributed by atoms with E-state index in [0.717, 1.165) is 5.57 Å². The molecule has 1 nitrogen and oxygen atoms in total. The van der Waals surface area contributed by atoms with Gasteiger partial charge in [-0.3, -0.25) is 0 Å². The summed E-state index contributed by atoms with van der Waals surface area (Å²) in [5, 5.41) is 8.55. The number of allylic oxidation sites excluding steroid dienone is 3. The van der Waals surface area contributed by atoms with E-state index in [1.165, 1.54) is 5.57 Å². The largest absolute Gasteiger partial charge is 0.392 e. The zero-order valence-corrected chi connectivity index (χ0v) is 8.31. The maximum Gasteiger partial charge on any atom is 0.0642 e. The SMILES string of the molecule is CC.CC(C)=C/C=C(\C)CO. The molecule has 0 aliphatic heterocycles. The predicted molar refractivity (Wildman–Crippen MR) is 51.6 cm³/mol. The average Bonchev–Trinajstić information content (AvgIpc) is 2.04. The van der Waals surface area contributed by atoms with Crippen LogP contribution in [-0.2, 0) is 0 Å². The summed E-state index contributed by atoms with van der Waals surface area (Å²) in [6.45, 7) is 10.1. The van der Waals surface area contributed by atoms with Gasteiger partial charge in [0.25, 0.3) is 0 Å². The van der Waals surface area contributed by atoms with Crippen molar-refractivity contribution in [3.8, 4) is 0 Å². The fourth-order valence-electron chi connectivity index (χ4n) is 0.362. The average molecular weight is 156 g/mol. The van der Waals surface area contributed by atoms with E-state index in [0.29, 0.717) is 0 Å². The summed E-state index contributed by atoms with van der Waals surface area (Å²) in [4.78, 5) is 0. The van der Waals surface area contributed by atoms with E-state index in [2.05, 4.69) is 0 Å². The highest BCUT2D eigenvalue weighted by atomic mass is 16.3. The number of hydrogen-bond acceptors (Lipinski definition) is 1. The van der Waals surface area contributed by atoms with Crippen molar-refractivity contribution in [3.63, 3.8) is 0 Å². The van der Waals surface area contributed by atoms with Crippen molar-refractivity contribution in [1.29, 1.82) is 0 Å². The van der Waals surface area contributed by atoms with Crippen molar-refractivity contribution < 1.29 is 5.11 Å². The summed E-state index contributed by atoms with van der Waals surface area (Å²) in [7, 11) is 0. The van der Waals surface area contributed by atoms with Gasteiger partial charge in [0.2, 0.25) is 0 Å². The van der Waals surface area contributed by atoms with E-state index in [4.69, 9.17) is 5.11 Å². The lowest BCUT2D eigenvalue weighted by molar-refractivity contribution is 0.331. The molecule has 0 spiro atoms. The fraction of sp³-hybridized carbons (Fsp3) is 0.600. The highest BCUT2D eigenvalue weighted by Gasteiger charge is 1.79. The summed E-state index contributed by atoms with van der Waals surface area (Å²) in [5.41, 5.74) is 2.25. The van der Waals surface area contributed by atoms with Crippen molar-refractivity contribution in [3.05, 3.63) is 23.3 Å². The minimum absolute atomic E-state index is 0.157. The molecule has 0 heterocycles. The maximum atomic E-state index is 8.55. The van der Waals surface area contributed by atoms with Crippen LogP contribution in [0.3, 0.4) is 0 Å². The van der Waals surface area contributed by atoms with Gasteiger partial charge in [-0.05, 0) is 26.3 Å². The first-order valence-corrected chi connectivity index (χ1v) is 4.08. The Hall–Kier alpha value is -0.560. The molecule has 0 aromatic heterocycles. The Morgan fingerprint density at radius 2 is 1.55 bits per heavy atom. The second kappa shape index (κ2) is 9.44. The van der Waals surface area contributed by atoms with Crippen LogP contribution in [0.1, 0.15) is 34.6 Å². The summed E-state index contributed by atoms with van der Waals surface area (Å²) >= 11 is 0. The molecule has 0 amide bonds. The van der Waals surface area contributed by atoms with Gasteiger partial charge in [0.05, 0.1) is 6.61 Å². The van der Waals surface area contributed by atoms with Crippen molar-refractivity contribution in [1.82, 2.24) is 0 Å². The third-order valence-electron chi connectivity index (χ3n) is 0.951. The van der Waals surface area contributed by atoms with E-state index < -0.39 is 0 Å². The van der Waals surface area contributed by atoms with Crippen molar-refractivity contribution in [2.75, 3.05) is 6.61 Å². The molecular formula is C10H20O. The molecule has 0 rings (SSSR count). The van der Waals surface area contributed by atoms with Gasteiger partial charge in [-0.25, -0.2) is 0 Å².